The highest BCUT2D eigenvalue weighted by atomic mass is 14.9. The summed E-state index contributed by atoms with van der Waals surface area (Å²) in [5.74, 6) is 0. The number of nitrogens with one attached hydrogen (secondary N) is 1. The predicted molar refractivity (Wildman–Crippen MR) is 104 cm³/mol. The van der Waals surface area contributed by atoms with Crippen LogP contribution in [0.2, 0.25) is 0 Å². The SMILES string of the molecule is c1ccc(-c2nc[nH]c2-c2cccc3cc4ccccc4cc23)cc1. The van der Waals surface area contributed by atoms with Gasteiger partial charge in [-0.1, -0.05) is 72.8 Å². The summed E-state index contributed by atoms with van der Waals surface area (Å²) >= 11 is 0. The molecular formula is C23H16N2. The highest BCUT2D eigenvalue weighted by Crippen LogP contribution is 2.35. The molecule has 0 saturated heterocycles. The Labute approximate surface area is 145 Å². The number of aromatic nitrogens is 2. The maximum absolute atomic E-state index is 4.58. The van der Waals surface area contributed by atoms with E-state index in [-0.39, 0.29) is 0 Å². The minimum absolute atomic E-state index is 0.987. The van der Waals surface area contributed by atoms with Gasteiger partial charge in [0.15, 0.2) is 0 Å². The molecule has 0 aliphatic heterocycles. The molecule has 2 heteroatoms. The van der Waals surface area contributed by atoms with E-state index in [2.05, 4.69) is 76.7 Å². The summed E-state index contributed by atoms with van der Waals surface area (Å²) in [6, 6.07) is 29.8. The summed E-state index contributed by atoms with van der Waals surface area (Å²) in [6.07, 6.45) is 1.78. The monoisotopic (exact) mass is 320 g/mol. The molecule has 0 bridgehead atoms. The molecule has 0 spiro atoms. The molecule has 118 valence electrons. The first kappa shape index (κ1) is 14.0. The van der Waals surface area contributed by atoms with Gasteiger partial charge in [0.2, 0.25) is 0 Å². The maximum atomic E-state index is 4.58. The van der Waals surface area contributed by atoms with Crippen LogP contribution >= 0.6 is 0 Å². The number of hydrogen-bond donors (Lipinski definition) is 1. The molecule has 0 amide bonds. The first-order valence-electron chi connectivity index (χ1n) is 8.41. The van der Waals surface area contributed by atoms with E-state index in [0.29, 0.717) is 0 Å². The molecule has 0 unspecified atom stereocenters. The van der Waals surface area contributed by atoms with Gasteiger partial charge in [-0.15, -0.1) is 0 Å². The lowest BCUT2D eigenvalue weighted by atomic mass is 9.96. The van der Waals surface area contributed by atoms with Crippen LogP contribution in [0.3, 0.4) is 0 Å². The molecule has 5 aromatic rings. The van der Waals surface area contributed by atoms with Gasteiger partial charge >= 0.3 is 0 Å². The van der Waals surface area contributed by atoms with Crippen LogP contribution in [0.1, 0.15) is 0 Å². The summed E-state index contributed by atoms with van der Waals surface area (Å²) in [5, 5.41) is 5.00. The number of H-pyrrole nitrogens is 1. The lowest BCUT2D eigenvalue weighted by molar-refractivity contribution is 1.31. The Morgan fingerprint density at radius 3 is 2.20 bits per heavy atom. The molecule has 4 aromatic carbocycles. The van der Waals surface area contributed by atoms with Crippen molar-refractivity contribution in [2.75, 3.05) is 0 Å². The molecule has 0 fully saturated rings. The van der Waals surface area contributed by atoms with E-state index >= 15 is 0 Å². The molecule has 1 heterocycles. The Kier molecular flexibility index (Phi) is 3.14. The number of hydrogen-bond acceptors (Lipinski definition) is 1. The van der Waals surface area contributed by atoms with Crippen LogP contribution in [-0.4, -0.2) is 9.97 Å². The van der Waals surface area contributed by atoms with Crippen LogP contribution in [0.15, 0.2) is 91.3 Å². The van der Waals surface area contributed by atoms with Gasteiger partial charge in [0.1, 0.15) is 0 Å². The largest absolute Gasteiger partial charge is 0.344 e. The molecule has 0 radical (unpaired) electrons. The third kappa shape index (κ3) is 2.31. The number of aromatic amines is 1. The van der Waals surface area contributed by atoms with E-state index in [9.17, 15) is 0 Å². The number of fused-ring (bicyclic) bond motifs is 2. The molecule has 25 heavy (non-hydrogen) atoms. The Hall–Kier alpha value is -3.39. The van der Waals surface area contributed by atoms with Gasteiger partial charge in [-0.3, -0.25) is 0 Å². The Morgan fingerprint density at radius 1 is 0.640 bits per heavy atom. The van der Waals surface area contributed by atoms with Gasteiger partial charge in [0.05, 0.1) is 17.7 Å². The van der Waals surface area contributed by atoms with E-state index in [1.807, 2.05) is 18.2 Å². The smallest absolute Gasteiger partial charge is 0.0961 e. The van der Waals surface area contributed by atoms with Crippen LogP contribution in [0.5, 0.6) is 0 Å². The standard InChI is InChI=1S/C23H16N2/c1-2-7-16(8-3-1)22-23(25-15-24-22)20-12-6-11-19-13-17-9-4-5-10-18(17)14-21(19)20/h1-15H,(H,24,25). The van der Waals surface area contributed by atoms with Crippen molar-refractivity contribution in [3.63, 3.8) is 0 Å². The third-order valence-electron chi connectivity index (χ3n) is 4.70. The topological polar surface area (TPSA) is 28.7 Å². The van der Waals surface area contributed by atoms with Crippen molar-refractivity contribution in [2.45, 2.75) is 0 Å². The molecule has 5 rings (SSSR count). The van der Waals surface area contributed by atoms with Gasteiger partial charge in [-0.25, -0.2) is 4.98 Å². The third-order valence-corrected chi connectivity index (χ3v) is 4.70. The first-order chi connectivity index (χ1) is 12.4. The van der Waals surface area contributed by atoms with E-state index in [4.69, 9.17) is 0 Å². The summed E-state index contributed by atoms with van der Waals surface area (Å²) in [5.41, 5.74) is 4.35. The van der Waals surface area contributed by atoms with Crippen molar-refractivity contribution in [1.29, 1.82) is 0 Å². The van der Waals surface area contributed by atoms with E-state index in [1.165, 1.54) is 27.1 Å². The average molecular weight is 320 g/mol. The fraction of sp³-hybridized carbons (Fsp3) is 0. The first-order valence-corrected chi connectivity index (χ1v) is 8.41. The van der Waals surface area contributed by atoms with Crippen molar-refractivity contribution in [3.05, 3.63) is 91.3 Å². The second kappa shape index (κ2) is 5.60. The minimum Gasteiger partial charge on any atom is -0.344 e. The van der Waals surface area contributed by atoms with Crippen molar-refractivity contribution in [2.24, 2.45) is 0 Å². The molecule has 0 atom stereocenters. The summed E-state index contributed by atoms with van der Waals surface area (Å²) in [4.78, 5) is 7.93. The van der Waals surface area contributed by atoms with Crippen LogP contribution in [0, 0.1) is 0 Å². The van der Waals surface area contributed by atoms with Gasteiger partial charge in [0, 0.05) is 11.1 Å². The predicted octanol–water partition coefficient (Wildman–Crippen LogP) is 6.05. The highest BCUT2D eigenvalue weighted by Gasteiger charge is 2.13. The zero-order chi connectivity index (χ0) is 16.6. The second-order valence-electron chi connectivity index (χ2n) is 6.22. The van der Waals surface area contributed by atoms with Crippen LogP contribution < -0.4 is 0 Å². The molecule has 2 nitrogen and oxygen atoms in total. The van der Waals surface area contributed by atoms with Crippen molar-refractivity contribution < 1.29 is 0 Å². The van der Waals surface area contributed by atoms with Gasteiger partial charge in [-0.05, 0) is 33.7 Å². The van der Waals surface area contributed by atoms with Crippen molar-refractivity contribution >= 4 is 21.5 Å². The number of benzene rings is 4. The normalized spacial score (nSPS) is 11.2. The molecule has 1 N–H and O–H groups in total. The summed E-state index contributed by atoms with van der Waals surface area (Å²) in [7, 11) is 0. The molecule has 1 aromatic heterocycles. The Bertz CT molecular complexity index is 1190. The van der Waals surface area contributed by atoms with Crippen LogP contribution in [-0.2, 0) is 0 Å². The van der Waals surface area contributed by atoms with Crippen LogP contribution in [0.25, 0.3) is 44.1 Å². The van der Waals surface area contributed by atoms with Gasteiger partial charge in [-0.2, -0.15) is 0 Å². The van der Waals surface area contributed by atoms with E-state index < -0.39 is 0 Å². The lowest BCUT2D eigenvalue weighted by Gasteiger charge is -2.09. The number of rotatable bonds is 2. The highest BCUT2D eigenvalue weighted by molar-refractivity contribution is 6.05. The van der Waals surface area contributed by atoms with Crippen molar-refractivity contribution in [1.82, 2.24) is 9.97 Å². The van der Waals surface area contributed by atoms with Gasteiger partial charge < -0.3 is 4.98 Å². The molecule has 0 aliphatic carbocycles. The van der Waals surface area contributed by atoms with Crippen LogP contribution in [0.4, 0.5) is 0 Å². The number of imidazole rings is 1. The number of nitrogens with zero attached hydrogens (tertiary/aromatic N) is 1. The fourth-order valence-corrected chi connectivity index (χ4v) is 3.50. The Balaban J connectivity index is 1.80. The Morgan fingerprint density at radius 2 is 1.36 bits per heavy atom. The second-order valence-corrected chi connectivity index (χ2v) is 6.22. The quantitative estimate of drug-likeness (QED) is 0.394. The average Bonchev–Trinajstić information content (AvgIpc) is 3.16. The zero-order valence-corrected chi connectivity index (χ0v) is 13.6. The molecular weight excluding hydrogens is 304 g/mol. The van der Waals surface area contributed by atoms with Crippen molar-refractivity contribution in [3.8, 4) is 22.5 Å². The minimum atomic E-state index is 0.987. The van der Waals surface area contributed by atoms with Gasteiger partial charge in [0.25, 0.3) is 0 Å². The van der Waals surface area contributed by atoms with E-state index in [0.717, 1.165) is 17.0 Å². The summed E-state index contributed by atoms with van der Waals surface area (Å²) in [6.45, 7) is 0. The fourth-order valence-electron chi connectivity index (χ4n) is 3.50. The maximum Gasteiger partial charge on any atom is 0.0961 e. The van der Waals surface area contributed by atoms with E-state index in [1.54, 1.807) is 6.33 Å². The summed E-state index contributed by atoms with van der Waals surface area (Å²) < 4.78 is 0. The lowest BCUT2D eigenvalue weighted by Crippen LogP contribution is -1.86. The molecule has 0 aliphatic rings. The molecule has 0 saturated carbocycles. The zero-order valence-electron chi connectivity index (χ0n) is 13.6.